The average molecular weight is 262 g/mol. The highest BCUT2D eigenvalue weighted by Crippen LogP contribution is 2.24. The summed E-state index contributed by atoms with van der Waals surface area (Å²) in [6.45, 7) is 7.86. The highest BCUT2D eigenvalue weighted by atomic mass is 16.2. The topological polar surface area (TPSA) is 71.2 Å². The Balaban J connectivity index is 2.24. The second-order valence-corrected chi connectivity index (χ2v) is 5.67. The fourth-order valence-corrected chi connectivity index (χ4v) is 2.85. The van der Waals surface area contributed by atoms with Gasteiger partial charge in [0, 0.05) is 25.0 Å². The van der Waals surface area contributed by atoms with Crippen LogP contribution in [0.1, 0.15) is 36.3 Å². The molecule has 1 saturated heterocycles. The van der Waals surface area contributed by atoms with Crippen molar-refractivity contribution in [1.29, 1.82) is 0 Å². The predicted octanol–water partition coefficient (Wildman–Crippen LogP) is 1.79. The number of likely N-dealkylation sites (tertiary alicyclic amines) is 1. The molecular weight excluding hydrogens is 240 g/mol. The second-order valence-electron chi connectivity index (χ2n) is 5.67. The second kappa shape index (κ2) is 5.57. The Kier molecular flexibility index (Phi) is 4.04. The van der Waals surface area contributed by atoms with Crippen LogP contribution in [0, 0.1) is 18.8 Å². The van der Waals surface area contributed by atoms with Crippen molar-refractivity contribution in [3.8, 4) is 0 Å². The van der Waals surface area contributed by atoms with Gasteiger partial charge in [0.15, 0.2) is 0 Å². The molecule has 1 fully saturated rings. The Morgan fingerprint density at radius 3 is 2.63 bits per heavy atom. The minimum atomic E-state index is 0.0128. The minimum Gasteiger partial charge on any atom is -0.338 e. The Morgan fingerprint density at radius 2 is 2.05 bits per heavy atom. The van der Waals surface area contributed by atoms with E-state index in [9.17, 15) is 4.79 Å². The number of nitrogens with one attached hydrogen (secondary N) is 1. The van der Waals surface area contributed by atoms with Gasteiger partial charge in [0.2, 0.25) is 0 Å². The number of hydrazine groups is 1. The Morgan fingerprint density at radius 1 is 1.42 bits per heavy atom. The number of anilines is 1. The molecule has 104 valence electrons. The molecule has 0 aromatic carbocycles. The van der Waals surface area contributed by atoms with E-state index in [0.29, 0.717) is 23.1 Å². The largest absolute Gasteiger partial charge is 0.338 e. The van der Waals surface area contributed by atoms with Gasteiger partial charge in [-0.3, -0.25) is 15.6 Å². The monoisotopic (exact) mass is 262 g/mol. The van der Waals surface area contributed by atoms with Crippen LogP contribution in [0.4, 0.5) is 5.69 Å². The van der Waals surface area contributed by atoms with Gasteiger partial charge in [-0.2, -0.15) is 0 Å². The summed E-state index contributed by atoms with van der Waals surface area (Å²) in [5.74, 6) is 6.59. The van der Waals surface area contributed by atoms with Crippen LogP contribution in [0.3, 0.4) is 0 Å². The van der Waals surface area contributed by atoms with Crippen LogP contribution in [0.15, 0.2) is 12.3 Å². The number of piperidine rings is 1. The summed E-state index contributed by atoms with van der Waals surface area (Å²) >= 11 is 0. The van der Waals surface area contributed by atoms with Gasteiger partial charge >= 0.3 is 0 Å². The molecule has 2 atom stereocenters. The zero-order valence-corrected chi connectivity index (χ0v) is 11.8. The number of hydrogen-bond donors (Lipinski definition) is 2. The lowest BCUT2D eigenvalue weighted by atomic mass is 9.91. The van der Waals surface area contributed by atoms with Crippen molar-refractivity contribution in [2.75, 3.05) is 18.5 Å². The van der Waals surface area contributed by atoms with E-state index in [1.54, 1.807) is 12.3 Å². The Bertz CT molecular complexity index is 465. The summed E-state index contributed by atoms with van der Waals surface area (Å²) in [4.78, 5) is 18.7. The van der Waals surface area contributed by atoms with Crippen molar-refractivity contribution in [2.45, 2.75) is 27.2 Å². The van der Waals surface area contributed by atoms with Gasteiger partial charge in [0.05, 0.1) is 11.3 Å². The molecule has 2 heterocycles. The lowest BCUT2D eigenvalue weighted by molar-refractivity contribution is 0.0623. The highest BCUT2D eigenvalue weighted by Gasteiger charge is 2.27. The molecule has 5 heteroatoms. The molecule has 0 radical (unpaired) electrons. The lowest BCUT2D eigenvalue weighted by Gasteiger charge is -2.35. The summed E-state index contributed by atoms with van der Waals surface area (Å²) < 4.78 is 0. The molecule has 0 spiro atoms. The van der Waals surface area contributed by atoms with E-state index in [1.165, 1.54) is 6.42 Å². The van der Waals surface area contributed by atoms with E-state index in [1.807, 2.05) is 11.8 Å². The van der Waals surface area contributed by atoms with E-state index < -0.39 is 0 Å². The zero-order chi connectivity index (χ0) is 14.0. The number of nitrogens with two attached hydrogens (primary N) is 1. The lowest BCUT2D eigenvalue weighted by Crippen LogP contribution is -2.42. The molecule has 1 aliphatic heterocycles. The number of nitrogen functional groups attached to an aromatic ring is 1. The number of pyridine rings is 1. The van der Waals surface area contributed by atoms with Gasteiger partial charge < -0.3 is 10.3 Å². The van der Waals surface area contributed by atoms with Gasteiger partial charge in [-0.15, -0.1) is 0 Å². The van der Waals surface area contributed by atoms with Crippen LogP contribution < -0.4 is 11.3 Å². The SMILES string of the molecule is Cc1cc(NN)c(C(=O)N2CC(C)CC(C)C2)cn1. The number of nitrogens with zero attached hydrogens (tertiary/aromatic N) is 2. The molecule has 5 nitrogen and oxygen atoms in total. The third-order valence-electron chi connectivity index (χ3n) is 3.58. The number of hydrogen-bond acceptors (Lipinski definition) is 4. The van der Waals surface area contributed by atoms with Crippen molar-refractivity contribution in [3.63, 3.8) is 0 Å². The first-order valence-corrected chi connectivity index (χ1v) is 6.73. The first-order valence-electron chi connectivity index (χ1n) is 6.73. The quantitative estimate of drug-likeness (QED) is 0.629. The molecule has 1 aromatic rings. The van der Waals surface area contributed by atoms with E-state index in [-0.39, 0.29) is 5.91 Å². The molecule has 1 amide bonds. The highest BCUT2D eigenvalue weighted by molar-refractivity contribution is 5.99. The number of aromatic nitrogens is 1. The van der Waals surface area contributed by atoms with E-state index in [0.717, 1.165) is 18.8 Å². The number of carbonyl (C=O) groups excluding carboxylic acids is 1. The van der Waals surface area contributed by atoms with Crippen LogP contribution in [0.5, 0.6) is 0 Å². The van der Waals surface area contributed by atoms with E-state index in [4.69, 9.17) is 5.84 Å². The van der Waals surface area contributed by atoms with Gasteiger partial charge in [-0.05, 0) is 31.2 Å². The molecule has 2 rings (SSSR count). The van der Waals surface area contributed by atoms with Gasteiger partial charge in [-0.1, -0.05) is 13.8 Å². The average Bonchev–Trinajstić information content (AvgIpc) is 2.36. The summed E-state index contributed by atoms with van der Waals surface area (Å²) in [5, 5.41) is 0. The molecule has 3 N–H and O–H groups in total. The number of carbonyl (C=O) groups is 1. The van der Waals surface area contributed by atoms with E-state index >= 15 is 0 Å². The number of amides is 1. The van der Waals surface area contributed by atoms with Crippen molar-refractivity contribution in [2.24, 2.45) is 17.7 Å². The van der Waals surface area contributed by atoms with Crippen molar-refractivity contribution in [1.82, 2.24) is 9.88 Å². The third kappa shape index (κ3) is 3.04. The van der Waals surface area contributed by atoms with Crippen LogP contribution >= 0.6 is 0 Å². The van der Waals surface area contributed by atoms with Gasteiger partial charge in [0.25, 0.3) is 5.91 Å². The summed E-state index contributed by atoms with van der Waals surface area (Å²) in [7, 11) is 0. The van der Waals surface area contributed by atoms with Crippen molar-refractivity contribution < 1.29 is 4.79 Å². The fourth-order valence-electron chi connectivity index (χ4n) is 2.85. The maximum Gasteiger partial charge on any atom is 0.257 e. The molecule has 19 heavy (non-hydrogen) atoms. The Labute approximate surface area is 114 Å². The number of aryl methyl sites for hydroxylation is 1. The molecule has 1 aromatic heterocycles. The van der Waals surface area contributed by atoms with Crippen LogP contribution in [0.25, 0.3) is 0 Å². The fraction of sp³-hybridized carbons (Fsp3) is 0.571. The van der Waals surface area contributed by atoms with Crippen LogP contribution in [-0.4, -0.2) is 28.9 Å². The van der Waals surface area contributed by atoms with Crippen LogP contribution in [-0.2, 0) is 0 Å². The smallest absolute Gasteiger partial charge is 0.257 e. The predicted molar refractivity (Wildman–Crippen MR) is 75.6 cm³/mol. The third-order valence-corrected chi connectivity index (χ3v) is 3.58. The molecular formula is C14H22N4O. The van der Waals surface area contributed by atoms with E-state index in [2.05, 4.69) is 24.3 Å². The molecule has 1 aliphatic rings. The van der Waals surface area contributed by atoms with Crippen LogP contribution in [0.2, 0.25) is 0 Å². The zero-order valence-electron chi connectivity index (χ0n) is 11.8. The normalized spacial score (nSPS) is 23.3. The summed E-state index contributed by atoms with van der Waals surface area (Å²) in [5.41, 5.74) is 4.62. The molecule has 2 unspecified atom stereocenters. The summed E-state index contributed by atoms with van der Waals surface area (Å²) in [6, 6.07) is 1.80. The van der Waals surface area contributed by atoms with Crippen molar-refractivity contribution >= 4 is 11.6 Å². The van der Waals surface area contributed by atoms with Crippen molar-refractivity contribution in [3.05, 3.63) is 23.5 Å². The maximum absolute atomic E-state index is 12.6. The van der Waals surface area contributed by atoms with Gasteiger partial charge in [-0.25, -0.2) is 0 Å². The Hall–Kier alpha value is -1.62. The van der Waals surface area contributed by atoms with Gasteiger partial charge in [0.1, 0.15) is 0 Å². The molecule has 0 bridgehead atoms. The first kappa shape index (κ1) is 13.8. The minimum absolute atomic E-state index is 0.0128. The maximum atomic E-state index is 12.6. The molecule has 0 saturated carbocycles. The standard InChI is InChI=1S/C14H22N4O/c1-9-4-10(2)8-18(7-9)14(19)12-6-16-11(3)5-13(12)17-15/h5-6,9-10H,4,7-8,15H2,1-3H3,(H,16,17). The summed E-state index contributed by atoms with van der Waals surface area (Å²) in [6.07, 6.45) is 2.79. The number of rotatable bonds is 2. The first-order chi connectivity index (χ1) is 9.01. The molecule has 0 aliphatic carbocycles.